The summed E-state index contributed by atoms with van der Waals surface area (Å²) in [5, 5.41) is 14.1. The first-order valence-electron chi connectivity index (χ1n) is 9.13. The molecule has 0 bridgehead atoms. The van der Waals surface area contributed by atoms with E-state index in [9.17, 15) is 5.11 Å². The van der Waals surface area contributed by atoms with Crippen molar-refractivity contribution in [1.29, 1.82) is 0 Å². The third kappa shape index (κ3) is 4.22. The van der Waals surface area contributed by atoms with Crippen LogP contribution in [0.15, 0.2) is 80.7 Å². The van der Waals surface area contributed by atoms with Crippen LogP contribution in [0.25, 0.3) is 0 Å². The van der Waals surface area contributed by atoms with E-state index >= 15 is 0 Å². The highest BCUT2D eigenvalue weighted by Gasteiger charge is 2.27. The molecule has 0 spiro atoms. The van der Waals surface area contributed by atoms with Crippen molar-refractivity contribution in [1.82, 2.24) is 5.32 Å². The van der Waals surface area contributed by atoms with E-state index in [0.29, 0.717) is 12.2 Å². The third-order valence-corrected chi connectivity index (χ3v) is 6.00. The maximum Gasteiger partial charge on any atom is 0.126 e. The summed E-state index contributed by atoms with van der Waals surface area (Å²) in [6, 6.07) is 22.2. The van der Waals surface area contributed by atoms with Crippen LogP contribution in [-0.2, 0) is 0 Å². The van der Waals surface area contributed by atoms with Crippen molar-refractivity contribution in [2.24, 2.45) is 4.99 Å². The van der Waals surface area contributed by atoms with Crippen LogP contribution in [0.5, 0.6) is 5.75 Å². The highest BCUT2D eigenvalue weighted by atomic mass is 79.9. The lowest BCUT2D eigenvalue weighted by Crippen LogP contribution is -2.33. The Labute approximate surface area is 181 Å². The summed E-state index contributed by atoms with van der Waals surface area (Å²) in [7, 11) is 0. The number of nitrogens with one attached hydrogen (secondary N) is 1. The quantitative estimate of drug-likeness (QED) is 0.435. The smallest absolute Gasteiger partial charge is 0.126 e. The minimum absolute atomic E-state index is 0.0417. The Kier molecular flexibility index (Phi) is 5.67. The molecule has 1 heterocycles. The predicted octanol–water partition coefficient (Wildman–Crippen LogP) is 6.45. The molecule has 1 aliphatic rings. The van der Waals surface area contributed by atoms with E-state index in [1.54, 1.807) is 6.07 Å². The predicted molar refractivity (Wildman–Crippen MR) is 121 cm³/mol. The van der Waals surface area contributed by atoms with Crippen LogP contribution in [0.2, 0.25) is 0 Å². The number of rotatable bonds is 3. The van der Waals surface area contributed by atoms with E-state index in [1.807, 2.05) is 24.3 Å². The second-order valence-electron chi connectivity index (χ2n) is 7.02. The molecule has 3 aromatic carbocycles. The van der Waals surface area contributed by atoms with Gasteiger partial charge in [-0.1, -0.05) is 73.8 Å². The zero-order valence-electron chi connectivity index (χ0n) is 15.4. The van der Waals surface area contributed by atoms with Crippen molar-refractivity contribution < 1.29 is 5.11 Å². The SMILES string of the molecule is Cc1ccc(C2=N[C@@H](c3ccc(Br)cc3)N[C@H](c3cc(Br)ccc3O)C2)cc1. The molecule has 4 rings (SSSR count). The molecule has 28 heavy (non-hydrogen) atoms. The van der Waals surface area contributed by atoms with Gasteiger partial charge in [-0.15, -0.1) is 0 Å². The molecule has 0 fully saturated rings. The number of hydrogen-bond acceptors (Lipinski definition) is 3. The summed E-state index contributed by atoms with van der Waals surface area (Å²) >= 11 is 7.02. The molecule has 1 aliphatic heterocycles. The summed E-state index contributed by atoms with van der Waals surface area (Å²) in [6.07, 6.45) is 0.529. The Bertz CT molecular complexity index is 1010. The zero-order chi connectivity index (χ0) is 19.7. The number of phenolic OH excluding ortho intramolecular Hbond substituents is 1. The molecule has 142 valence electrons. The average molecular weight is 500 g/mol. The number of benzene rings is 3. The Morgan fingerprint density at radius 3 is 2.32 bits per heavy atom. The number of aromatic hydroxyl groups is 1. The molecule has 0 aromatic heterocycles. The topological polar surface area (TPSA) is 44.6 Å². The lowest BCUT2D eigenvalue weighted by Gasteiger charge is -2.31. The summed E-state index contributed by atoms with van der Waals surface area (Å²) < 4.78 is 1.98. The van der Waals surface area contributed by atoms with Crippen LogP contribution in [0.4, 0.5) is 0 Å². The van der Waals surface area contributed by atoms with Gasteiger partial charge in [0.2, 0.25) is 0 Å². The fraction of sp³-hybridized carbons (Fsp3) is 0.174. The molecule has 3 aromatic rings. The third-order valence-electron chi connectivity index (χ3n) is 4.98. The molecule has 3 nitrogen and oxygen atoms in total. The molecule has 5 heteroatoms. The molecule has 2 N–H and O–H groups in total. The van der Waals surface area contributed by atoms with E-state index in [0.717, 1.165) is 31.3 Å². The summed E-state index contributed by atoms with van der Waals surface area (Å²) in [4.78, 5) is 5.01. The van der Waals surface area contributed by atoms with E-state index in [4.69, 9.17) is 4.99 Å². The van der Waals surface area contributed by atoms with Gasteiger partial charge in [0, 0.05) is 32.7 Å². The molecule has 0 saturated heterocycles. The summed E-state index contributed by atoms with van der Waals surface area (Å²) in [5.41, 5.74) is 5.34. The lowest BCUT2D eigenvalue weighted by atomic mass is 9.93. The highest BCUT2D eigenvalue weighted by Crippen LogP contribution is 2.36. The van der Waals surface area contributed by atoms with E-state index in [1.165, 1.54) is 5.56 Å². The number of aryl methyl sites for hydroxylation is 1. The van der Waals surface area contributed by atoms with Crippen molar-refractivity contribution >= 4 is 37.6 Å². The Morgan fingerprint density at radius 2 is 1.61 bits per heavy atom. The minimum atomic E-state index is -0.179. The second kappa shape index (κ2) is 8.19. The van der Waals surface area contributed by atoms with Crippen LogP contribution in [0.3, 0.4) is 0 Å². The van der Waals surface area contributed by atoms with Crippen LogP contribution < -0.4 is 5.32 Å². The van der Waals surface area contributed by atoms with Crippen LogP contribution in [0, 0.1) is 6.92 Å². The average Bonchev–Trinajstić information content (AvgIpc) is 2.70. The minimum Gasteiger partial charge on any atom is -0.508 e. The number of halogens is 2. The van der Waals surface area contributed by atoms with E-state index in [2.05, 4.69) is 80.5 Å². The Balaban J connectivity index is 1.76. The highest BCUT2D eigenvalue weighted by molar-refractivity contribution is 9.10. The molecular weight excluding hydrogens is 480 g/mol. The molecule has 0 unspecified atom stereocenters. The fourth-order valence-corrected chi connectivity index (χ4v) is 4.09. The molecular formula is C23H20Br2N2O. The van der Waals surface area contributed by atoms with Crippen molar-refractivity contribution in [2.75, 3.05) is 0 Å². The number of hydrogen-bond donors (Lipinski definition) is 2. The summed E-state index contributed by atoms with van der Waals surface area (Å²) in [5.74, 6) is 0.292. The normalized spacial score (nSPS) is 19.3. The van der Waals surface area contributed by atoms with Crippen molar-refractivity contribution in [3.8, 4) is 5.75 Å². The van der Waals surface area contributed by atoms with Gasteiger partial charge in [-0.25, -0.2) is 0 Å². The zero-order valence-corrected chi connectivity index (χ0v) is 18.5. The maximum absolute atomic E-state index is 10.5. The van der Waals surface area contributed by atoms with Gasteiger partial charge in [-0.05, 0) is 48.4 Å². The number of nitrogens with zero attached hydrogens (tertiary/aromatic N) is 1. The Morgan fingerprint density at radius 1 is 0.929 bits per heavy atom. The molecule has 0 radical (unpaired) electrons. The molecule has 0 aliphatic carbocycles. The van der Waals surface area contributed by atoms with Gasteiger partial charge in [0.25, 0.3) is 0 Å². The Hall–Kier alpha value is -1.95. The van der Waals surface area contributed by atoms with Gasteiger partial charge in [0.1, 0.15) is 11.9 Å². The molecule has 0 saturated carbocycles. The van der Waals surface area contributed by atoms with E-state index in [-0.39, 0.29) is 12.2 Å². The van der Waals surface area contributed by atoms with E-state index < -0.39 is 0 Å². The van der Waals surface area contributed by atoms with Crippen LogP contribution >= 0.6 is 31.9 Å². The summed E-state index contributed by atoms with van der Waals surface area (Å²) in [6.45, 7) is 2.08. The number of aliphatic imine (C=N–C) groups is 1. The van der Waals surface area contributed by atoms with Crippen LogP contribution in [-0.4, -0.2) is 10.8 Å². The van der Waals surface area contributed by atoms with Crippen LogP contribution in [0.1, 0.15) is 40.9 Å². The van der Waals surface area contributed by atoms with Crippen molar-refractivity contribution in [2.45, 2.75) is 25.6 Å². The lowest BCUT2D eigenvalue weighted by molar-refractivity contribution is 0.412. The molecule has 0 amide bonds. The monoisotopic (exact) mass is 498 g/mol. The van der Waals surface area contributed by atoms with Crippen molar-refractivity contribution in [3.05, 3.63) is 97.9 Å². The second-order valence-corrected chi connectivity index (χ2v) is 8.85. The molecule has 2 atom stereocenters. The van der Waals surface area contributed by atoms with Crippen molar-refractivity contribution in [3.63, 3.8) is 0 Å². The number of phenols is 1. The first kappa shape index (κ1) is 19.4. The van der Waals surface area contributed by atoms with Gasteiger partial charge in [-0.2, -0.15) is 0 Å². The largest absolute Gasteiger partial charge is 0.508 e. The van der Waals surface area contributed by atoms with Gasteiger partial charge < -0.3 is 5.11 Å². The van der Waals surface area contributed by atoms with Gasteiger partial charge in [-0.3, -0.25) is 10.3 Å². The first-order chi connectivity index (χ1) is 13.5. The fourth-order valence-electron chi connectivity index (χ4n) is 3.45. The first-order valence-corrected chi connectivity index (χ1v) is 10.7. The van der Waals surface area contributed by atoms with Gasteiger partial charge >= 0.3 is 0 Å². The van der Waals surface area contributed by atoms with Gasteiger partial charge in [0.15, 0.2) is 0 Å². The standard InChI is InChI=1S/C23H20Br2N2O/c1-14-2-4-15(5-3-14)20-13-21(19-12-18(25)10-11-22(19)28)27-23(26-20)16-6-8-17(24)9-7-16/h2-12,21,23,27-28H,13H2,1H3/t21-,23+/m0/s1. The maximum atomic E-state index is 10.5. The van der Waals surface area contributed by atoms with Gasteiger partial charge in [0.05, 0.1) is 0 Å².